The molecule has 20 heavy (non-hydrogen) atoms. The van der Waals surface area contributed by atoms with Gasteiger partial charge in [0.2, 0.25) is 5.95 Å². The zero-order valence-electron chi connectivity index (χ0n) is 11.4. The Morgan fingerprint density at radius 2 is 1.90 bits per heavy atom. The molecule has 0 spiro atoms. The number of amides is 1. The Balaban J connectivity index is 2.56. The highest BCUT2D eigenvalue weighted by molar-refractivity contribution is 6.35. The van der Waals surface area contributed by atoms with Gasteiger partial charge in [0, 0.05) is 12.1 Å². The highest BCUT2D eigenvalue weighted by Gasteiger charge is 2.15. The van der Waals surface area contributed by atoms with Crippen LogP contribution in [0.25, 0.3) is 6.08 Å². The van der Waals surface area contributed by atoms with Crippen LogP contribution < -0.4 is 11.1 Å². The zero-order valence-corrected chi connectivity index (χ0v) is 12.9. The van der Waals surface area contributed by atoms with Crippen molar-refractivity contribution in [3.05, 3.63) is 21.9 Å². The zero-order chi connectivity index (χ0) is 15.3. The molecule has 8 heteroatoms. The highest BCUT2D eigenvalue weighted by atomic mass is 35.5. The number of nitrogens with one attached hydrogen (secondary N) is 1. The van der Waals surface area contributed by atoms with Crippen molar-refractivity contribution in [1.82, 2.24) is 15.3 Å². The quantitative estimate of drug-likeness (QED) is 0.836. The first-order valence-electron chi connectivity index (χ1n) is 5.81. The number of carbonyl (C=O) groups excluding carboxylic acids is 1. The predicted octanol–water partition coefficient (Wildman–Crippen LogP) is 2.90. The summed E-state index contributed by atoms with van der Waals surface area (Å²) in [4.78, 5) is 19.0. The number of rotatable bonds is 3. The molecule has 1 aromatic rings. The lowest BCUT2D eigenvalue weighted by atomic mass is 10.2. The first kappa shape index (κ1) is 16.5. The SMILES string of the molecule is CC(C)(C)OC(=O)NCC=Cc1c(Cl)nc(N)nc1Cl. The fourth-order valence-corrected chi connectivity index (χ4v) is 1.73. The Labute approximate surface area is 127 Å². The molecular weight excluding hydrogens is 303 g/mol. The lowest BCUT2D eigenvalue weighted by Gasteiger charge is -2.19. The molecule has 0 fully saturated rings. The van der Waals surface area contributed by atoms with Crippen LogP contribution in [0, 0.1) is 0 Å². The Kier molecular flexibility index (Phi) is 5.59. The summed E-state index contributed by atoms with van der Waals surface area (Å²) >= 11 is 11.8. The number of hydrogen-bond donors (Lipinski definition) is 2. The van der Waals surface area contributed by atoms with Crippen molar-refractivity contribution >= 4 is 41.3 Å². The summed E-state index contributed by atoms with van der Waals surface area (Å²) < 4.78 is 5.08. The number of anilines is 1. The molecule has 0 aliphatic rings. The molecule has 0 saturated heterocycles. The Morgan fingerprint density at radius 3 is 2.40 bits per heavy atom. The van der Waals surface area contributed by atoms with E-state index in [0.717, 1.165) is 0 Å². The number of nitrogens with zero attached hydrogens (tertiary/aromatic N) is 2. The van der Waals surface area contributed by atoms with E-state index >= 15 is 0 Å². The van der Waals surface area contributed by atoms with E-state index in [0.29, 0.717) is 5.56 Å². The van der Waals surface area contributed by atoms with Gasteiger partial charge >= 0.3 is 6.09 Å². The van der Waals surface area contributed by atoms with Gasteiger partial charge in [0.15, 0.2) is 0 Å². The normalized spacial score (nSPS) is 11.7. The molecule has 0 aromatic carbocycles. The van der Waals surface area contributed by atoms with Gasteiger partial charge < -0.3 is 15.8 Å². The third kappa shape index (κ3) is 5.63. The molecule has 6 nitrogen and oxygen atoms in total. The van der Waals surface area contributed by atoms with Crippen molar-refractivity contribution in [2.45, 2.75) is 26.4 Å². The van der Waals surface area contributed by atoms with Gasteiger partial charge in [0.05, 0.1) is 0 Å². The number of halogens is 2. The minimum atomic E-state index is -0.536. The maximum absolute atomic E-state index is 11.4. The van der Waals surface area contributed by atoms with Crippen molar-refractivity contribution in [2.24, 2.45) is 0 Å². The van der Waals surface area contributed by atoms with Gasteiger partial charge in [0.25, 0.3) is 0 Å². The van der Waals surface area contributed by atoms with Crippen molar-refractivity contribution in [3.8, 4) is 0 Å². The van der Waals surface area contributed by atoms with Crippen molar-refractivity contribution in [3.63, 3.8) is 0 Å². The monoisotopic (exact) mass is 318 g/mol. The lowest BCUT2D eigenvalue weighted by molar-refractivity contribution is 0.0534. The first-order chi connectivity index (χ1) is 9.19. The van der Waals surface area contributed by atoms with E-state index in [1.165, 1.54) is 0 Å². The summed E-state index contributed by atoms with van der Waals surface area (Å²) in [5, 5.41) is 2.86. The molecule has 110 valence electrons. The topological polar surface area (TPSA) is 90.1 Å². The number of ether oxygens (including phenoxy) is 1. The number of alkyl carbamates (subject to hydrolysis) is 1. The Morgan fingerprint density at radius 1 is 1.35 bits per heavy atom. The summed E-state index contributed by atoms with van der Waals surface area (Å²) in [6, 6.07) is 0. The van der Waals surface area contributed by atoms with Crippen molar-refractivity contribution in [1.29, 1.82) is 0 Å². The molecule has 1 rings (SSSR count). The third-order valence-electron chi connectivity index (χ3n) is 1.92. The smallest absolute Gasteiger partial charge is 0.407 e. The highest BCUT2D eigenvalue weighted by Crippen LogP contribution is 2.23. The van der Waals surface area contributed by atoms with E-state index in [1.54, 1.807) is 32.9 Å². The molecule has 0 unspecified atom stereocenters. The molecule has 0 radical (unpaired) electrons. The summed E-state index contributed by atoms with van der Waals surface area (Å²) in [5.74, 6) is 0.00373. The van der Waals surface area contributed by atoms with Crippen LogP contribution in [0.2, 0.25) is 10.3 Å². The van der Waals surface area contributed by atoms with Gasteiger partial charge in [-0.3, -0.25) is 0 Å². The Hall–Kier alpha value is -1.53. The van der Waals surface area contributed by atoms with Crippen LogP contribution in [-0.4, -0.2) is 28.2 Å². The number of nitrogen functional groups attached to an aromatic ring is 1. The third-order valence-corrected chi connectivity index (χ3v) is 2.49. The van der Waals surface area contributed by atoms with Crippen LogP contribution >= 0.6 is 23.2 Å². The average Bonchev–Trinajstić information content (AvgIpc) is 2.23. The van der Waals surface area contributed by atoms with E-state index in [4.69, 9.17) is 33.7 Å². The van der Waals surface area contributed by atoms with Crippen molar-refractivity contribution < 1.29 is 9.53 Å². The van der Waals surface area contributed by atoms with Gasteiger partial charge in [-0.15, -0.1) is 0 Å². The summed E-state index contributed by atoms with van der Waals surface area (Å²) in [5.41, 5.74) is 5.29. The molecule has 3 N–H and O–H groups in total. The number of hydrogen-bond acceptors (Lipinski definition) is 5. The summed E-state index contributed by atoms with van der Waals surface area (Å²) in [6.45, 7) is 5.61. The largest absolute Gasteiger partial charge is 0.444 e. The average molecular weight is 319 g/mol. The number of nitrogens with two attached hydrogens (primary N) is 1. The molecule has 0 aliphatic carbocycles. The first-order valence-corrected chi connectivity index (χ1v) is 6.56. The summed E-state index contributed by atoms with van der Waals surface area (Å²) in [6.07, 6.45) is 2.74. The molecule has 1 amide bonds. The van der Waals surface area contributed by atoms with E-state index in [2.05, 4.69) is 15.3 Å². The van der Waals surface area contributed by atoms with Crippen LogP contribution in [0.4, 0.5) is 10.7 Å². The van der Waals surface area contributed by atoms with Crippen LogP contribution in [0.1, 0.15) is 26.3 Å². The second-order valence-corrected chi connectivity index (χ2v) is 5.58. The molecule has 0 atom stereocenters. The maximum atomic E-state index is 11.4. The van der Waals surface area contributed by atoms with Gasteiger partial charge in [-0.25, -0.2) is 14.8 Å². The van der Waals surface area contributed by atoms with E-state index in [-0.39, 0.29) is 22.8 Å². The van der Waals surface area contributed by atoms with Gasteiger partial charge in [-0.2, -0.15) is 0 Å². The lowest BCUT2D eigenvalue weighted by Crippen LogP contribution is -2.32. The van der Waals surface area contributed by atoms with E-state index < -0.39 is 11.7 Å². The molecule has 0 saturated carbocycles. The molecule has 1 aromatic heterocycles. The summed E-state index contributed by atoms with van der Waals surface area (Å²) in [7, 11) is 0. The second-order valence-electron chi connectivity index (χ2n) is 4.86. The van der Waals surface area contributed by atoms with Crippen LogP contribution in [-0.2, 0) is 4.74 Å². The van der Waals surface area contributed by atoms with Crippen LogP contribution in [0.5, 0.6) is 0 Å². The van der Waals surface area contributed by atoms with E-state index in [9.17, 15) is 4.79 Å². The minimum Gasteiger partial charge on any atom is -0.444 e. The standard InChI is InChI=1S/C12H16Cl2N4O2/c1-12(2,3)20-11(19)16-6-4-5-7-8(13)17-10(15)18-9(7)14/h4-5H,6H2,1-3H3,(H,16,19)(H2,15,17,18). The fraction of sp³-hybridized carbons (Fsp3) is 0.417. The molecule has 0 bridgehead atoms. The second kappa shape index (κ2) is 6.76. The molecular formula is C12H16Cl2N4O2. The number of aromatic nitrogens is 2. The number of carbonyl (C=O) groups is 1. The Bertz CT molecular complexity index is 504. The van der Waals surface area contributed by atoms with Gasteiger partial charge in [-0.05, 0) is 20.8 Å². The predicted molar refractivity (Wildman–Crippen MR) is 79.7 cm³/mol. The molecule has 0 aliphatic heterocycles. The van der Waals surface area contributed by atoms with E-state index in [1.807, 2.05) is 0 Å². The minimum absolute atomic E-state index is 0.00373. The van der Waals surface area contributed by atoms with Crippen LogP contribution in [0.15, 0.2) is 6.08 Å². The van der Waals surface area contributed by atoms with Crippen molar-refractivity contribution in [2.75, 3.05) is 12.3 Å². The van der Waals surface area contributed by atoms with Crippen LogP contribution in [0.3, 0.4) is 0 Å². The fourth-order valence-electron chi connectivity index (χ4n) is 1.20. The van der Waals surface area contributed by atoms with Gasteiger partial charge in [-0.1, -0.05) is 35.4 Å². The maximum Gasteiger partial charge on any atom is 0.407 e. The van der Waals surface area contributed by atoms with Gasteiger partial charge in [0.1, 0.15) is 15.9 Å². The molecule has 1 heterocycles.